The zero-order chi connectivity index (χ0) is 13.0. The maximum Gasteiger partial charge on any atom is 0.225 e. The second-order valence-electron chi connectivity index (χ2n) is 3.82. The maximum atomic E-state index is 8.79. The van der Waals surface area contributed by atoms with Crippen molar-refractivity contribution in [1.82, 2.24) is 9.97 Å². The van der Waals surface area contributed by atoms with Gasteiger partial charge in [0.2, 0.25) is 5.95 Å². The van der Waals surface area contributed by atoms with E-state index in [0.717, 1.165) is 24.3 Å². The zero-order valence-corrected chi connectivity index (χ0v) is 9.90. The van der Waals surface area contributed by atoms with Crippen molar-refractivity contribution >= 4 is 23.6 Å². The lowest BCUT2D eigenvalue weighted by molar-refractivity contribution is 0.311. The number of anilines is 2. The van der Waals surface area contributed by atoms with Crippen LogP contribution in [0.2, 0.25) is 0 Å². The number of aliphatic hydroxyl groups excluding tert-OH is 1. The van der Waals surface area contributed by atoms with Crippen LogP contribution in [0.1, 0.15) is 11.3 Å². The number of rotatable bonds is 5. The molecule has 0 aromatic carbocycles. The Labute approximate surface area is 105 Å². The van der Waals surface area contributed by atoms with Crippen molar-refractivity contribution in [2.45, 2.75) is 6.42 Å². The van der Waals surface area contributed by atoms with E-state index in [2.05, 4.69) is 20.6 Å². The standard InChI is InChI=1S/C11H16N6O/c12-5-7(6-13)9-8-1-2-14-10(8)17-11(16-9)15-3-4-18/h5-6,12,18H,1-4,13H2,(H2,14,15,16,17)/b7-6+,12-5?. The number of hydrogen-bond acceptors (Lipinski definition) is 7. The number of nitrogens with one attached hydrogen (secondary N) is 3. The Morgan fingerprint density at radius 3 is 3.06 bits per heavy atom. The van der Waals surface area contributed by atoms with E-state index in [1.54, 1.807) is 0 Å². The van der Waals surface area contributed by atoms with E-state index in [1.165, 1.54) is 12.4 Å². The predicted octanol–water partition coefficient (Wildman–Crippen LogP) is -0.202. The minimum Gasteiger partial charge on any atom is -0.404 e. The average molecular weight is 248 g/mol. The van der Waals surface area contributed by atoms with E-state index >= 15 is 0 Å². The van der Waals surface area contributed by atoms with Gasteiger partial charge >= 0.3 is 0 Å². The Morgan fingerprint density at radius 1 is 1.56 bits per heavy atom. The van der Waals surface area contributed by atoms with Crippen molar-refractivity contribution in [1.29, 1.82) is 5.41 Å². The minimum absolute atomic E-state index is 0.00730. The molecule has 2 heterocycles. The minimum atomic E-state index is 0.00730. The third kappa shape index (κ3) is 2.25. The Kier molecular flexibility index (Phi) is 3.73. The molecule has 0 bridgehead atoms. The number of aliphatic hydroxyl groups is 1. The summed E-state index contributed by atoms with van der Waals surface area (Å²) in [5, 5.41) is 22.2. The van der Waals surface area contributed by atoms with E-state index in [0.29, 0.717) is 23.8 Å². The molecule has 18 heavy (non-hydrogen) atoms. The molecule has 1 aromatic rings. The number of nitrogens with zero attached hydrogens (tertiary/aromatic N) is 2. The Bertz CT molecular complexity index is 485. The summed E-state index contributed by atoms with van der Waals surface area (Å²) in [5.74, 6) is 1.19. The first-order valence-corrected chi connectivity index (χ1v) is 5.72. The topological polar surface area (TPSA) is 120 Å². The van der Waals surface area contributed by atoms with Gasteiger partial charge in [-0.3, -0.25) is 0 Å². The highest BCUT2D eigenvalue weighted by molar-refractivity contribution is 6.08. The molecule has 6 N–H and O–H groups in total. The van der Waals surface area contributed by atoms with Gasteiger partial charge < -0.3 is 26.9 Å². The second-order valence-corrected chi connectivity index (χ2v) is 3.82. The van der Waals surface area contributed by atoms with E-state index in [4.69, 9.17) is 16.2 Å². The van der Waals surface area contributed by atoms with Crippen LogP contribution in [0.25, 0.3) is 5.57 Å². The van der Waals surface area contributed by atoms with Crippen LogP contribution in [0.5, 0.6) is 0 Å². The monoisotopic (exact) mass is 248 g/mol. The molecule has 1 aromatic heterocycles. The molecule has 1 aliphatic heterocycles. The predicted molar refractivity (Wildman–Crippen MR) is 70.7 cm³/mol. The van der Waals surface area contributed by atoms with Gasteiger partial charge in [-0.25, -0.2) is 4.98 Å². The molecule has 1 aliphatic rings. The van der Waals surface area contributed by atoms with Crippen LogP contribution in [0, 0.1) is 5.41 Å². The molecule has 0 spiro atoms. The molecule has 96 valence electrons. The van der Waals surface area contributed by atoms with Crippen LogP contribution in [-0.2, 0) is 6.42 Å². The van der Waals surface area contributed by atoms with Crippen LogP contribution in [0.15, 0.2) is 6.20 Å². The summed E-state index contributed by atoms with van der Waals surface area (Å²) < 4.78 is 0. The van der Waals surface area contributed by atoms with Gasteiger partial charge in [-0.1, -0.05) is 0 Å². The van der Waals surface area contributed by atoms with E-state index < -0.39 is 0 Å². The summed E-state index contributed by atoms with van der Waals surface area (Å²) in [6.45, 7) is 1.19. The molecule has 7 heteroatoms. The summed E-state index contributed by atoms with van der Waals surface area (Å²) in [4.78, 5) is 8.67. The number of aromatic nitrogens is 2. The smallest absolute Gasteiger partial charge is 0.225 e. The van der Waals surface area contributed by atoms with Gasteiger partial charge in [0.1, 0.15) is 5.82 Å². The van der Waals surface area contributed by atoms with Crippen LogP contribution in [0.4, 0.5) is 11.8 Å². The number of nitrogens with two attached hydrogens (primary N) is 1. The lowest BCUT2D eigenvalue weighted by Gasteiger charge is -2.10. The molecule has 0 amide bonds. The maximum absolute atomic E-state index is 8.79. The molecule has 0 saturated heterocycles. The molecular weight excluding hydrogens is 232 g/mol. The Balaban J connectivity index is 2.43. The van der Waals surface area contributed by atoms with Crippen molar-refractivity contribution in [2.75, 3.05) is 30.3 Å². The SMILES string of the molecule is N=C/C(=C\N)c1nc(NCCO)nc2c1CCN2. The molecule has 0 aliphatic carbocycles. The Hall–Kier alpha value is -2.15. The highest BCUT2D eigenvalue weighted by Gasteiger charge is 2.20. The first-order chi connectivity index (χ1) is 8.80. The first kappa shape index (κ1) is 12.3. The second kappa shape index (κ2) is 5.46. The lowest BCUT2D eigenvalue weighted by atomic mass is 10.1. The third-order valence-corrected chi connectivity index (χ3v) is 2.68. The van der Waals surface area contributed by atoms with Gasteiger partial charge in [0, 0.05) is 36.6 Å². The first-order valence-electron chi connectivity index (χ1n) is 5.72. The third-order valence-electron chi connectivity index (χ3n) is 2.68. The van der Waals surface area contributed by atoms with Gasteiger partial charge in [-0.15, -0.1) is 0 Å². The Morgan fingerprint density at radius 2 is 2.39 bits per heavy atom. The number of fused-ring (bicyclic) bond motifs is 1. The van der Waals surface area contributed by atoms with Crippen molar-refractivity contribution in [3.05, 3.63) is 17.5 Å². The van der Waals surface area contributed by atoms with E-state index in [9.17, 15) is 0 Å². The molecule has 0 unspecified atom stereocenters. The van der Waals surface area contributed by atoms with Crippen molar-refractivity contribution < 1.29 is 5.11 Å². The fraction of sp³-hybridized carbons (Fsp3) is 0.364. The van der Waals surface area contributed by atoms with Gasteiger partial charge in [0.25, 0.3) is 0 Å². The van der Waals surface area contributed by atoms with Gasteiger partial charge in [0.05, 0.1) is 12.3 Å². The number of hydrogen-bond donors (Lipinski definition) is 5. The zero-order valence-electron chi connectivity index (χ0n) is 9.90. The fourth-order valence-corrected chi connectivity index (χ4v) is 1.85. The van der Waals surface area contributed by atoms with Gasteiger partial charge in [-0.2, -0.15) is 4.98 Å². The molecule has 0 radical (unpaired) electrons. The quantitative estimate of drug-likeness (QED) is 0.460. The van der Waals surface area contributed by atoms with Crippen molar-refractivity contribution in [3.8, 4) is 0 Å². The summed E-state index contributed by atoms with van der Waals surface area (Å²) in [6.07, 6.45) is 3.36. The highest BCUT2D eigenvalue weighted by Crippen LogP contribution is 2.27. The molecule has 2 rings (SSSR count). The van der Waals surface area contributed by atoms with Gasteiger partial charge in [-0.05, 0) is 6.42 Å². The van der Waals surface area contributed by atoms with Crippen molar-refractivity contribution in [3.63, 3.8) is 0 Å². The normalized spacial score (nSPS) is 13.9. The van der Waals surface area contributed by atoms with E-state index in [1.807, 2.05) is 0 Å². The lowest BCUT2D eigenvalue weighted by Crippen LogP contribution is -2.11. The van der Waals surface area contributed by atoms with Crippen LogP contribution < -0.4 is 16.4 Å². The molecule has 0 saturated carbocycles. The molecular formula is C11H16N6O. The summed E-state index contributed by atoms with van der Waals surface area (Å²) >= 11 is 0. The van der Waals surface area contributed by atoms with Crippen LogP contribution in [0.3, 0.4) is 0 Å². The fourth-order valence-electron chi connectivity index (χ4n) is 1.85. The van der Waals surface area contributed by atoms with Crippen LogP contribution in [-0.4, -0.2) is 41.0 Å². The summed E-state index contributed by atoms with van der Waals surface area (Å²) in [6, 6.07) is 0. The van der Waals surface area contributed by atoms with Gasteiger partial charge in [0.15, 0.2) is 0 Å². The molecule has 7 nitrogen and oxygen atoms in total. The summed E-state index contributed by atoms with van der Waals surface area (Å²) in [7, 11) is 0. The number of allylic oxidation sites excluding steroid dienone is 1. The summed E-state index contributed by atoms with van der Waals surface area (Å²) in [5.41, 5.74) is 7.71. The molecule has 0 fully saturated rings. The average Bonchev–Trinajstić information content (AvgIpc) is 2.86. The van der Waals surface area contributed by atoms with Crippen LogP contribution >= 0.6 is 0 Å². The molecule has 0 atom stereocenters. The van der Waals surface area contributed by atoms with E-state index in [-0.39, 0.29) is 6.61 Å². The largest absolute Gasteiger partial charge is 0.404 e. The highest BCUT2D eigenvalue weighted by atomic mass is 16.3. The van der Waals surface area contributed by atoms with Crippen molar-refractivity contribution in [2.24, 2.45) is 5.73 Å².